The van der Waals surface area contributed by atoms with Gasteiger partial charge in [0.2, 0.25) is 23.5 Å². The maximum Gasteiger partial charge on any atom is 0.250 e. The van der Waals surface area contributed by atoms with Crippen molar-refractivity contribution in [1.82, 2.24) is 19.9 Å². The first-order valence-electron chi connectivity index (χ1n) is 12.4. The molecular formula is C29H32BrFN4O5. The van der Waals surface area contributed by atoms with Crippen molar-refractivity contribution in [3.8, 4) is 23.5 Å². The van der Waals surface area contributed by atoms with Crippen molar-refractivity contribution in [3.63, 3.8) is 0 Å². The molecule has 0 aliphatic heterocycles. The number of aromatic nitrogens is 3. The van der Waals surface area contributed by atoms with E-state index < -0.39 is 17.3 Å². The lowest BCUT2D eigenvalue weighted by atomic mass is 9.71. The molecule has 0 aliphatic carbocycles. The van der Waals surface area contributed by atoms with Crippen LogP contribution in [0.4, 0.5) is 4.39 Å². The zero-order chi connectivity index (χ0) is 29.0. The van der Waals surface area contributed by atoms with Crippen molar-refractivity contribution in [2.24, 2.45) is 0 Å². The van der Waals surface area contributed by atoms with Crippen LogP contribution in [0.15, 0.2) is 53.1 Å². The van der Waals surface area contributed by atoms with Crippen LogP contribution in [0.25, 0.3) is 10.9 Å². The molecule has 0 spiro atoms. The third kappa shape index (κ3) is 5.81. The molecule has 0 radical (unpaired) electrons. The number of rotatable bonds is 11. The van der Waals surface area contributed by atoms with Gasteiger partial charge in [0.15, 0.2) is 5.82 Å². The van der Waals surface area contributed by atoms with Gasteiger partial charge < -0.3 is 29.0 Å². The average Bonchev–Trinajstić information content (AvgIpc) is 2.96. The second-order valence-corrected chi connectivity index (χ2v) is 10.4. The van der Waals surface area contributed by atoms with Crippen LogP contribution < -0.4 is 18.9 Å². The highest BCUT2D eigenvalue weighted by Gasteiger charge is 2.45. The van der Waals surface area contributed by atoms with E-state index in [1.54, 1.807) is 12.1 Å². The highest BCUT2D eigenvalue weighted by molar-refractivity contribution is 9.10. The molecule has 0 saturated heterocycles. The van der Waals surface area contributed by atoms with Crippen LogP contribution >= 0.6 is 15.9 Å². The zero-order valence-corrected chi connectivity index (χ0v) is 24.8. The number of pyridine rings is 3. The van der Waals surface area contributed by atoms with Gasteiger partial charge in [0.1, 0.15) is 5.60 Å². The normalized spacial score (nSPS) is 13.7. The molecule has 3 heterocycles. The summed E-state index contributed by atoms with van der Waals surface area (Å²) < 4.78 is 38.8. The van der Waals surface area contributed by atoms with Crippen LogP contribution in [-0.2, 0) is 5.60 Å². The van der Waals surface area contributed by atoms with Crippen LogP contribution in [0, 0.1) is 5.82 Å². The summed E-state index contributed by atoms with van der Waals surface area (Å²) in [6.45, 7) is 0.457. The van der Waals surface area contributed by atoms with E-state index >= 15 is 4.39 Å². The fraction of sp³-hybridized carbons (Fsp3) is 0.345. The topological polar surface area (TPSA) is 99.1 Å². The van der Waals surface area contributed by atoms with Crippen LogP contribution in [-0.4, -0.2) is 74.0 Å². The Hall–Kier alpha value is -3.54. The first-order valence-corrected chi connectivity index (χ1v) is 13.2. The fourth-order valence-electron chi connectivity index (χ4n) is 4.79. The summed E-state index contributed by atoms with van der Waals surface area (Å²) >= 11 is 3.52. The summed E-state index contributed by atoms with van der Waals surface area (Å²) in [4.78, 5) is 15.0. The number of hydrogen-bond donors (Lipinski definition) is 1. The zero-order valence-electron chi connectivity index (χ0n) is 23.2. The molecule has 4 aromatic rings. The minimum atomic E-state index is -1.74. The lowest BCUT2D eigenvalue weighted by Crippen LogP contribution is -2.38. The minimum Gasteiger partial charge on any atom is -0.481 e. The average molecular weight is 616 g/mol. The number of halogens is 2. The van der Waals surface area contributed by atoms with E-state index in [0.717, 1.165) is 9.86 Å². The number of hydrogen-bond acceptors (Lipinski definition) is 9. The molecule has 212 valence electrons. The van der Waals surface area contributed by atoms with Crippen LogP contribution in [0.2, 0.25) is 0 Å². The van der Waals surface area contributed by atoms with Crippen molar-refractivity contribution < 1.29 is 28.4 Å². The Balaban J connectivity index is 2.12. The molecular weight excluding hydrogens is 583 g/mol. The van der Waals surface area contributed by atoms with E-state index in [2.05, 4.69) is 25.9 Å². The largest absolute Gasteiger partial charge is 0.481 e. The first-order chi connectivity index (χ1) is 19.1. The van der Waals surface area contributed by atoms with Crippen molar-refractivity contribution in [2.45, 2.75) is 17.9 Å². The Kier molecular flexibility index (Phi) is 9.07. The van der Waals surface area contributed by atoms with Gasteiger partial charge in [-0.2, -0.15) is 4.98 Å². The van der Waals surface area contributed by atoms with Gasteiger partial charge in [-0.3, -0.25) is 0 Å². The van der Waals surface area contributed by atoms with Gasteiger partial charge in [0, 0.05) is 45.9 Å². The smallest absolute Gasteiger partial charge is 0.250 e. The fourth-order valence-corrected chi connectivity index (χ4v) is 5.17. The lowest BCUT2D eigenvalue weighted by molar-refractivity contribution is 0.00228. The Morgan fingerprint density at radius 2 is 1.57 bits per heavy atom. The lowest BCUT2D eigenvalue weighted by Gasteiger charge is -2.39. The highest BCUT2D eigenvalue weighted by atomic mass is 79.9. The summed E-state index contributed by atoms with van der Waals surface area (Å²) in [5.41, 5.74) is -0.0297. The third-order valence-electron chi connectivity index (χ3n) is 6.78. The summed E-state index contributed by atoms with van der Waals surface area (Å²) in [6, 6.07) is 12.3. The van der Waals surface area contributed by atoms with Gasteiger partial charge >= 0.3 is 0 Å². The summed E-state index contributed by atoms with van der Waals surface area (Å²) in [5, 5.41) is 13.7. The molecule has 1 aromatic carbocycles. The standard InChI is InChI=1S/C29H32BrFN4O5/c1-35(2)12-10-29(36,18-15-23(37-3)34-24(16-18)38-4)25(20-9-11-32-28(40-6)26(20)31)21-14-17-13-19(30)7-8-22(17)33-27(21)39-5/h7-9,11,13-16,25,36H,10,12H2,1-6H3/t25-,29-/m0/s1. The molecule has 40 heavy (non-hydrogen) atoms. The van der Waals surface area contributed by atoms with Gasteiger partial charge in [0.25, 0.3) is 0 Å². The van der Waals surface area contributed by atoms with Gasteiger partial charge in [-0.05, 0) is 56.4 Å². The van der Waals surface area contributed by atoms with Crippen LogP contribution in [0.1, 0.15) is 29.0 Å². The van der Waals surface area contributed by atoms with Crippen molar-refractivity contribution >= 4 is 26.8 Å². The van der Waals surface area contributed by atoms with Crippen LogP contribution in [0.5, 0.6) is 23.5 Å². The molecule has 3 aromatic heterocycles. The van der Waals surface area contributed by atoms with Gasteiger partial charge in [0.05, 0.1) is 39.9 Å². The number of aliphatic hydroxyl groups is 1. The van der Waals surface area contributed by atoms with E-state index in [4.69, 9.17) is 23.9 Å². The second kappa shape index (κ2) is 12.3. The van der Waals surface area contributed by atoms with Gasteiger partial charge in [-0.1, -0.05) is 15.9 Å². The molecule has 0 unspecified atom stereocenters. The minimum absolute atomic E-state index is 0.150. The molecule has 0 bridgehead atoms. The number of fused-ring (bicyclic) bond motifs is 1. The number of methoxy groups -OCH3 is 4. The van der Waals surface area contributed by atoms with Crippen molar-refractivity contribution in [2.75, 3.05) is 49.1 Å². The van der Waals surface area contributed by atoms with Crippen molar-refractivity contribution in [1.29, 1.82) is 0 Å². The van der Waals surface area contributed by atoms with Crippen molar-refractivity contribution in [3.05, 3.63) is 75.6 Å². The molecule has 0 saturated carbocycles. The summed E-state index contributed by atoms with van der Waals surface area (Å²) in [7, 11) is 9.59. The molecule has 4 rings (SSSR count). The highest BCUT2D eigenvalue weighted by Crippen LogP contribution is 2.49. The predicted molar refractivity (Wildman–Crippen MR) is 153 cm³/mol. The molecule has 2 atom stereocenters. The number of nitrogens with zero attached hydrogens (tertiary/aromatic N) is 4. The summed E-state index contributed by atoms with van der Waals surface area (Å²) in [6.07, 6.45) is 1.63. The second-order valence-electron chi connectivity index (χ2n) is 9.50. The SMILES string of the molecule is COc1cc([C@@](O)(CCN(C)C)[C@H](c2cc3cc(Br)ccc3nc2OC)c2ccnc(OC)c2F)cc(OC)n1. The number of ether oxygens (including phenoxy) is 4. The molecule has 11 heteroatoms. The van der Waals surface area contributed by atoms with E-state index in [1.165, 1.54) is 40.7 Å². The van der Waals surface area contributed by atoms with E-state index in [-0.39, 0.29) is 35.5 Å². The molecule has 0 fully saturated rings. The molecule has 0 aliphatic rings. The maximum absolute atomic E-state index is 16.1. The number of benzene rings is 1. The Morgan fingerprint density at radius 3 is 2.17 bits per heavy atom. The van der Waals surface area contributed by atoms with E-state index in [9.17, 15) is 5.11 Å². The molecule has 1 N–H and O–H groups in total. The van der Waals surface area contributed by atoms with Gasteiger partial charge in [-0.25, -0.2) is 14.4 Å². The monoisotopic (exact) mass is 614 g/mol. The third-order valence-corrected chi connectivity index (χ3v) is 7.27. The maximum atomic E-state index is 16.1. The molecule has 9 nitrogen and oxygen atoms in total. The Bertz CT molecular complexity index is 1480. The quantitative estimate of drug-likeness (QED) is 0.252. The van der Waals surface area contributed by atoms with E-state index in [1.807, 2.05) is 43.3 Å². The predicted octanol–water partition coefficient (Wildman–Crippen LogP) is 4.93. The van der Waals surface area contributed by atoms with E-state index in [0.29, 0.717) is 23.2 Å². The Morgan fingerprint density at radius 1 is 0.900 bits per heavy atom. The van der Waals surface area contributed by atoms with Gasteiger partial charge in [-0.15, -0.1) is 0 Å². The Labute approximate surface area is 241 Å². The summed E-state index contributed by atoms with van der Waals surface area (Å²) in [5.74, 6) is -1.23. The molecule has 0 amide bonds. The first kappa shape index (κ1) is 29.4. The van der Waals surface area contributed by atoms with Crippen LogP contribution in [0.3, 0.4) is 0 Å².